The molecule has 0 saturated carbocycles. The van der Waals surface area contributed by atoms with Gasteiger partial charge in [-0.05, 0) is 94.7 Å². The average molecular weight is 639 g/mol. The first-order valence-electron chi connectivity index (χ1n) is 17.0. The van der Waals surface area contributed by atoms with Crippen LogP contribution >= 0.6 is 7.14 Å². The number of hydrogen-bond acceptors (Lipinski definition) is 1. The summed E-state index contributed by atoms with van der Waals surface area (Å²) in [6.45, 7) is 8.35. The highest BCUT2D eigenvalue weighted by atomic mass is 31.2. The van der Waals surface area contributed by atoms with Gasteiger partial charge in [0.25, 0.3) is 0 Å². The van der Waals surface area contributed by atoms with Crippen LogP contribution in [0.25, 0.3) is 76.5 Å². The van der Waals surface area contributed by atoms with Gasteiger partial charge in [0.15, 0.2) is 0 Å². The van der Waals surface area contributed by atoms with Gasteiger partial charge in [0.1, 0.15) is 7.14 Å². The molecule has 2 heteroatoms. The molecule has 48 heavy (non-hydrogen) atoms. The second-order valence-electron chi connectivity index (χ2n) is 13.6. The van der Waals surface area contributed by atoms with Crippen LogP contribution in [0.1, 0.15) is 27.7 Å². The fourth-order valence-electron chi connectivity index (χ4n) is 7.75. The largest absolute Gasteiger partial charge is 0.318 e. The van der Waals surface area contributed by atoms with Crippen LogP contribution in [-0.4, -0.2) is 11.3 Å². The molecule has 8 aromatic carbocycles. The molecule has 0 aliphatic heterocycles. The molecule has 0 fully saturated rings. The molecule has 0 spiro atoms. The minimum Gasteiger partial charge on any atom is -0.318 e. The van der Waals surface area contributed by atoms with Gasteiger partial charge in [0, 0.05) is 16.6 Å². The minimum atomic E-state index is -2.52. The molecule has 0 unspecified atom stereocenters. The van der Waals surface area contributed by atoms with Crippen LogP contribution in [-0.2, 0) is 4.57 Å². The molecule has 1 nitrogen and oxygen atoms in total. The van der Waals surface area contributed by atoms with Crippen molar-refractivity contribution in [3.63, 3.8) is 0 Å². The average Bonchev–Trinajstić information content (AvgIpc) is 3.12. The van der Waals surface area contributed by atoms with Gasteiger partial charge in [-0.25, -0.2) is 0 Å². The summed E-state index contributed by atoms with van der Waals surface area (Å²) in [6.07, 6.45) is 0. The summed E-state index contributed by atoms with van der Waals surface area (Å²) in [7, 11) is -2.52. The van der Waals surface area contributed by atoms with Gasteiger partial charge in [-0.1, -0.05) is 161 Å². The maximum absolute atomic E-state index is 14.1. The van der Waals surface area contributed by atoms with E-state index in [4.69, 9.17) is 0 Å². The number of fused-ring (bicyclic) bond motifs is 4. The maximum atomic E-state index is 14.1. The van der Waals surface area contributed by atoms with Crippen molar-refractivity contribution >= 4 is 55.5 Å². The molecule has 0 atom stereocenters. The number of benzene rings is 8. The van der Waals surface area contributed by atoms with Gasteiger partial charge in [-0.3, -0.25) is 0 Å². The highest BCUT2D eigenvalue weighted by Gasteiger charge is 2.32. The summed E-state index contributed by atoms with van der Waals surface area (Å²) in [5.41, 5.74) is 7.43. The zero-order chi connectivity index (χ0) is 33.0. The Morgan fingerprint density at radius 1 is 0.375 bits per heavy atom. The van der Waals surface area contributed by atoms with E-state index in [1.165, 1.54) is 65.3 Å². The summed E-state index contributed by atoms with van der Waals surface area (Å²) < 4.78 is 14.1. The monoisotopic (exact) mass is 638 g/mol. The van der Waals surface area contributed by atoms with Crippen LogP contribution < -0.4 is 5.30 Å². The van der Waals surface area contributed by atoms with Crippen LogP contribution in [0.15, 0.2) is 152 Å². The lowest BCUT2D eigenvalue weighted by atomic mass is 9.84. The molecule has 0 heterocycles. The lowest BCUT2D eigenvalue weighted by Gasteiger charge is -2.26. The second kappa shape index (κ2) is 11.9. The van der Waals surface area contributed by atoms with Gasteiger partial charge in [0.2, 0.25) is 0 Å². The van der Waals surface area contributed by atoms with Crippen molar-refractivity contribution in [3.05, 3.63) is 152 Å². The summed E-state index contributed by atoms with van der Waals surface area (Å²) in [5, 5.41) is 10.9. The number of hydrogen-bond donors (Lipinski definition) is 0. The van der Waals surface area contributed by atoms with Crippen molar-refractivity contribution in [2.75, 3.05) is 0 Å². The molecule has 0 aromatic heterocycles. The molecule has 0 amide bonds. The summed E-state index contributed by atoms with van der Waals surface area (Å²) in [6, 6.07) is 55.2. The van der Waals surface area contributed by atoms with Crippen molar-refractivity contribution in [2.45, 2.75) is 39.0 Å². The molecule has 0 radical (unpaired) electrons. The molecule has 0 N–H and O–H groups in total. The molecular weight excluding hydrogens is 599 g/mol. The minimum absolute atomic E-state index is 0.107. The van der Waals surface area contributed by atoms with Gasteiger partial charge in [0.05, 0.1) is 0 Å². The van der Waals surface area contributed by atoms with Crippen molar-refractivity contribution in [1.29, 1.82) is 0 Å². The standard InChI is InChI=1S/C46H39OP/c1-30(2)48(47,31(3)4)40-24-21-34(22-25-40)37-23-26-43-44(29-37)46(39-20-18-33-12-6-8-14-36(33)28-39)42-16-10-9-15-41(42)45(43)38-19-17-32-11-5-7-13-35(32)27-38/h5-31H,1-4H3. The fourth-order valence-corrected chi connectivity index (χ4v) is 10.7. The van der Waals surface area contributed by atoms with E-state index in [2.05, 4.69) is 179 Å². The van der Waals surface area contributed by atoms with E-state index in [0.29, 0.717) is 0 Å². The molecule has 8 rings (SSSR count). The predicted molar refractivity (Wildman–Crippen MR) is 210 cm³/mol. The third kappa shape index (κ3) is 4.97. The van der Waals surface area contributed by atoms with E-state index in [9.17, 15) is 4.57 Å². The summed E-state index contributed by atoms with van der Waals surface area (Å²) in [4.78, 5) is 0. The SMILES string of the molecule is CC(C)P(=O)(c1ccc(-c2ccc3c(-c4ccc5ccccc5c4)c4ccccc4c(-c4ccc5ccccc5c4)c3c2)cc1)C(C)C. The Bertz CT molecular complexity index is 2530. The van der Waals surface area contributed by atoms with Gasteiger partial charge in [-0.2, -0.15) is 0 Å². The van der Waals surface area contributed by atoms with Crippen molar-refractivity contribution < 1.29 is 4.57 Å². The molecule has 0 aliphatic rings. The second-order valence-corrected chi connectivity index (χ2v) is 17.6. The maximum Gasteiger partial charge on any atom is 0.120 e. The molecule has 234 valence electrons. The first-order chi connectivity index (χ1) is 23.3. The third-order valence-corrected chi connectivity index (χ3v) is 14.4. The lowest BCUT2D eigenvalue weighted by Crippen LogP contribution is -2.19. The Labute approximate surface area is 283 Å². The normalized spacial score (nSPS) is 12.2. The third-order valence-electron chi connectivity index (χ3n) is 10.2. The highest BCUT2D eigenvalue weighted by Crippen LogP contribution is 2.54. The van der Waals surface area contributed by atoms with Gasteiger partial charge in [-0.15, -0.1) is 0 Å². The Kier molecular flexibility index (Phi) is 7.54. The quantitative estimate of drug-likeness (QED) is 0.131. The van der Waals surface area contributed by atoms with Gasteiger partial charge < -0.3 is 4.57 Å². The smallest absolute Gasteiger partial charge is 0.120 e. The van der Waals surface area contributed by atoms with Crippen LogP contribution in [0.3, 0.4) is 0 Å². The van der Waals surface area contributed by atoms with Crippen LogP contribution in [0.2, 0.25) is 0 Å². The highest BCUT2D eigenvalue weighted by molar-refractivity contribution is 7.72. The number of rotatable bonds is 6. The van der Waals surface area contributed by atoms with E-state index >= 15 is 0 Å². The molecular formula is C46H39OP. The van der Waals surface area contributed by atoms with E-state index in [1.54, 1.807) is 0 Å². The Morgan fingerprint density at radius 3 is 1.31 bits per heavy atom. The van der Waals surface area contributed by atoms with Crippen LogP contribution in [0, 0.1) is 0 Å². The van der Waals surface area contributed by atoms with Crippen molar-refractivity contribution in [1.82, 2.24) is 0 Å². The van der Waals surface area contributed by atoms with Gasteiger partial charge >= 0.3 is 0 Å². The molecule has 8 aromatic rings. The summed E-state index contributed by atoms with van der Waals surface area (Å²) >= 11 is 0. The van der Waals surface area contributed by atoms with E-state index in [1.807, 2.05) is 0 Å². The summed E-state index contributed by atoms with van der Waals surface area (Å²) in [5.74, 6) is 0. The van der Waals surface area contributed by atoms with Crippen LogP contribution in [0.5, 0.6) is 0 Å². The zero-order valence-corrected chi connectivity index (χ0v) is 28.8. The van der Waals surface area contributed by atoms with Crippen LogP contribution in [0.4, 0.5) is 0 Å². The molecule has 0 saturated heterocycles. The van der Waals surface area contributed by atoms with Crippen molar-refractivity contribution in [2.24, 2.45) is 0 Å². The fraction of sp³-hybridized carbons (Fsp3) is 0.130. The Balaban J connectivity index is 1.41. The van der Waals surface area contributed by atoms with E-state index < -0.39 is 7.14 Å². The van der Waals surface area contributed by atoms with E-state index in [0.717, 1.165) is 16.4 Å². The van der Waals surface area contributed by atoms with Crippen molar-refractivity contribution in [3.8, 4) is 33.4 Å². The first-order valence-corrected chi connectivity index (χ1v) is 18.8. The lowest BCUT2D eigenvalue weighted by molar-refractivity contribution is 0.569. The zero-order valence-electron chi connectivity index (χ0n) is 27.9. The Morgan fingerprint density at radius 2 is 0.792 bits per heavy atom. The first kappa shape index (κ1) is 30.4. The molecule has 0 aliphatic carbocycles. The van der Waals surface area contributed by atoms with E-state index in [-0.39, 0.29) is 11.3 Å². The molecule has 0 bridgehead atoms. The topological polar surface area (TPSA) is 17.1 Å². The predicted octanol–water partition coefficient (Wildman–Crippen LogP) is 13.1. The Hall–Kier alpha value is -4.97.